The van der Waals surface area contributed by atoms with E-state index in [1.54, 1.807) is 73.8 Å². The van der Waals surface area contributed by atoms with Crippen LogP contribution in [0.3, 0.4) is 0 Å². The zero-order valence-corrected chi connectivity index (χ0v) is 21.4. The van der Waals surface area contributed by atoms with Crippen LogP contribution in [0.5, 0.6) is 11.5 Å². The summed E-state index contributed by atoms with van der Waals surface area (Å²) in [7, 11) is 1.58. The second kappa shape index (κ2) is 11.1. The van der Waals surface area contributed by atoms with Gasteiger partial charge >= 0.3 is 0 Å². The van der Waals surface area contributed by atoms with Crippen LogP contribution in [0.25, 0.3) is 6.08 Å². The van der Waals surface area contributed by atoms with E-state index in [4.69, 9.17) is 44.9 Å². The zero-order chi connectivity index (χ0) is 24.9. The minimum Gasteiger partial charge on any atom is -0.497 e. The standard InChI is InChI=1S/C25H18Cl2N2O4S2/c1-32-20-7-5-19(6-8-20)29-24(31)22(35-25(29)34)10-15-3-2-4-21(9-15)33-14-23(30)28-18-12-16(26)11-17(27)13-18/h2-13H,14H2,1H3,(H,28,30)/b22-10-. The molecule has 0 radical (unpaired) electrons. The van der Waals surface area contributed by atoms with Crippen molar-refractivity contribution in [3.05, 3.63) is 87.2 Å². The number of benzene rings is 3. The summed E-state index contributed by atoms with van der Waals surface area (Å²) < 4.78 is 11.2. The lowest BCUT2D eigenvalue weighted by atomic mass is 10.2. The average molecular weight is 545 g/mol. The Hall–Kier alpha value is -3.04. The quantitative estimate of drug-likeness (QED) is 0.273. The number of carbonyl (C=O) groups excluding carboxylic acids is 2. The Bertz CT molecular complexity index is 1310. The number of thioether (sulfide) groups is 1. The van der Waals surface area contributed by atoms with Gasteiger partial charge in [-0.2, -0.15) is 0 Å². The van der Waals surface area contributed by atoms with Crippen molar-refractivity contribution in [3.8, 4) is 11.5 Å². The molecule has 1 heterocycles. The first-order chi connectivity index (χ1) is 16.8. The van der Waals surface area contributed by atoms with Crippen LogP contribution in [-0.2, 0) is 9.59 Å². The van der Waals surface area contributed by atoms with Crippen molar-refractivity contribution in [1.82, 2.24) is 0 Å². The second-order valence-corrected chi connectivity index (χ2v) is 9.83. The lowest BCUT2D eigenvalue weighted by Crippen LogP contribution is -2.27. The first-order valence-corrected chi connectivity index (χ1v) is 12.2. The summed E-state index contributed by atoms with van der Waals surface area (Å²) in [6, 6.07) is 18.9. The van der Waals surface area contributed by atoms with E-state index in [0.717, 1.165) is 5.56 Å². The number of amides is 2. The average Bonchev–Trinajstić information content (AvgIpc) is 3.10. The van der Waals surface area contributed by atoms with E-state index >= 15 is 0 Å². The maximum absolute atomic E-state index is 13.0. The van der Waals surface area contributed by atoms with Gasteiger partial charge in [0.05, 0.1) is 17.7 Å². The fourth-order valence-electron chi connectivity index (χ4n) is 3.24. The number of thiocarbonyl (C=S) groups is 1. The van der Waals surface area contributed by atoms with Crippen molar-refractivity contribution < 1.29 is 19.1 Å². The van der Waals surface area contributed by atoms with Crippen LogP contribution in [0.15, 0.2) is 71.6 Å². The lowest BCUT2D eigenvalue weighted by molar-refractivity contribution is -0.118. The summed E-state index contributed by atoms with van der Waals surface area (Å²) in [6.07, 6.45) is 1.74. The van der Waals surface area contributed by atoms with Gasteiger partial charge in [-0.3, -0.25) is 14.5 Å². The Labute approximate surface area is 221 Å². The third-order valence-corrected chi connectivity index (χ3v) is 6.54. The van der Waals surface area contributed by atoms with Gasteiger partial charge in [0.25, 0.3) is 11.8 Å². The first-order valence-electron chi connectivity index (χ1n) is 10.2. The van der Waals surface area contributed by atoms with Crippen LogP contribution in [0.2, 0.25) is 10.0 Å². The molecule has 178 valence electrons. The van der Waals surface area contributed by atoms with Crippen molar-refractivity contribution in [2.24, 2.45) is 0 Å². The highest BCUT2D eigenvalue weighted by atomic mass is 35.5. The van der Waals surface area contributed by atoms with E-state index in [-0.39, 0.29) is 18.4 Å². The highest BCUT2D eigenvalue weighted by Gasteiger charge is 2.33. The van der Waals surface area contributed by atoms with Gasteiger partial charge in [-0.05, 0) is 66.2 Å². The van der Waals surface area contributed by atoms with Gasteiger partial charge in [-0.1, -0.05) is 59.3 Å². The molecule has 0 atom stereocenters. The number of hydrogen-bond acceptors (Lipinski definition) is 6. The topological polar surface area (TPSA) is 67.9 Å². The van der Waals surface area contributed by atoms with Crippen LogP contribution in [0.4, 0.5) is 11.4 Å². The van der Waals surface area contributed by atoms with Gasteiger partial charge in [0, 0.05) is 15.7 Å². The van der Waals surface area contributed by atoms with E-state index in [9.17, 15) is 9.59 Å². The molecule has 0 saturated carbocycles. The van der Waals surface area contributed by atoms with Gasteiger partial charge in [0.1, 0.15) is 11.5 Å². The fourth-order valence-corrected chi connectivity index (χ4v) is 5.06. The first kappa shape index (κ1) is 25.1. The van der Waals surface area contributed by atoms with Crippen molar-refractivity contribution in [1.29, 1.82) is 0 Å². The highest BCUT2D eigenvalue weighted by Crippen LogP contribution is 2.36. The van der Waals surface area contributed by atoms with E-state index in [1.807, 2.05) is 6.07 Å². The number of nitrogens with one attached hydrogen (secondary N) is 1. The van der Waals surface area contributed by atoms with E-state index in [2.05, 4.69) is 5.32 Å². The molecule has 0 aliphatic carbocycles. The van der Waals surface area contributed by atoms with Crippen molar-refractivity contribution in [3.63, 3.8) is 0 Å². The monoisotopic (exact) mass is 544 g/mol. The van der Waals surface area contributed by atoms with Crippen LogP contribution in [0.1, 0.15) is 5.56 Å². The number of nitrogens with zero attached hydrogens (tertiary/aromatic N) is 1. The molecule has 1 N–H and O–H groups in total. The molecule has 0 aromatic heterocycles. The maximum atomic E-state index is 13.0. The van der Waals surface area contributed by atoms with E-state index in [0.29, 0.717) is 42.1 Å². The molecule has 1 aliphatic rings. The summed E-state index contributed by atoms with van der Waals surface area (Å²) in [6.45, 7) is -0.215. The zero-order valence-electron chi connectivity index (χ0n) is 18.3. The molecule has 0 spiro atoms. The van der Waals surface area contributed by atoms with Crippen molar-refractivity contribution >= 4 is 80.8 Å². The molecule has 2 amide bonds. The molecular formula is C25H18Cl2N2O4S2. The van der Waals surface area contributed by atoms with Gasteiger partial charge in [0.2, 0.25) is 0 Å². The largest absolute Gasteiger partial charge is 0.497 e. The molecule has 0 unspecified atom stereocenters. The van der Waals surface area contributed by atoms with Crippen molar-refractivity contribution in [2.75, 3.05) is 23.9 Å². The Morgan fingerprint density at radius 1 is 1.06 bits per heavy atom. The van der Waals surface area contributed by atoms with Crippen LogP contribution >= 0.6 is 47.2 Å². The normalized spacial score (nSPS) is 14.4. The predicted octanol–water partition coefficient (Wildman–Crippen LogP) is 6.43. The summed E-state index contributed by atoms with van der Waals surface area (Å²) in [5, 5.41) is 3.52. The number of ether oxygens (including phenoxy) is 2. The Kier molecular flexibility index (Phi) is 7.97. The third kappa shape index (κ3) is 6.35. The molecule has 3 aromatic rings. The number of rotatable bonds is 7. The minimum absolute atomic E-state index is 0.212. The van der Waals surface area contributed by atoms with Crippen LogP contribution < -0.4 is 19.7 Å². The summed E-state index contributed by atoms with van der Waals surface area (Å²) in [5.41, 5.74) is 1.88. The molecule has 4 rings (SSSR count). The lowest BCUT2D eigenvalue weighted by Gasteiger charge is -2.14. The molecule has 10 heteroatoms. The minimum atomic E-state index is -0.367. The number of carbonyl (C=O) groups is 2. The summed E-state index contributed by atoms with van der Waals surface area (Å²) >= 11 is 18.6. The second-order valence-electron chi connectivity index (χ2n) is 7.28. The molecule has 35 heavy (non-hydrogen) atoms. The summed E-state index contributed by atoms with van der Waals surface area (Å²) in [4.78, 5) is 27.2. The number of methoxy groups -OCH3 is 1. The molecule has 1 saturated heterocycles. The van der Waals surface area contributed by atoms with Gasteiger partial charge in [0.15, 0.2) is 10.9 Å². The Morgan fingerprint density at radius 3 is 2.46 bits per heavy atom. The fraction of sp³-hybridized carbons (Fsp3) is 0.0800. The number of anilines is 2. The SMILES string of the molecule is COc1ccc(N2C(=O)/C(=C/c3cccc(OCC(=O)Nc4cc(Cl)cc(Cl)c4)c3)SC2=S)cc1. The molecule has 0 bridgehead atoms. The van der Waals surface area contributed by atoms with Gasteiger partial charge < -0.3 is 14.8 Å². The van der Waals surface area contributed by atoms with E-state index in [1.165, 1.54) is 16.7 Å². The predicted molar refractivity (Wildman–Crippen MR) is 146 cm³/mol. The van der Waals surface area contributed by atoms with Crippen molar-refractivity contribution in [2.45, 2.75) is 0 Å². The van der Waals surface area contributed by atoms with Crippen LogP contribution in [0, 0.1) is 0 Å². The molecular weight excluding hydrogens is 527 g/mol. The molecule has 1 fully saturated rings. The Morgan fingerprint density at radius 2 is 1.77 bits per heavy atom. The molecule has 1 aliphatic heterocycles. The smallest absolute Gasteiger partial charge is 0.270 e. The third-order valence-electron chi connectivity index (χ3n) is 4.80. The molecule has 6 nitrogen and oxygen atoms in total. The van der Waals surface area contributed by atoms with Gasteiger partial charge in [-0.25, -0.2) is 0 Å². The highest BCUT2D eigenvalue weighted by molar-refractivity contribution is 8.27. The maximum Gasteiger partial charge on any atom is 0.270 e. The number of hydrogen-bond donors (Lipinski definition) is 1. The number of halogens is 2. The van der Waals surface area contributed by atoms with E-state index < -0.39 is 0 Å². The van der Waals surface area contributed by atoms with Gasteiger partial charge in [-0.15, -0.1) is 0 Å². The van der Waals surface area contributed by atoms with Crippen LogP contribution in [-0.4, -0.2) is 29.9 Å². The summed E-state index contributed by atoms with van der Waals surface area (Å²) in [5.74, 6) is 0.588. The Balaban J connectivity index is 1.42. The molecule has 3 aromatic carbocycles.